The summed E-state index contributed by atoms with van der Waals surface area (Å²) >= 11 is 0. The maximum Gasteiger partial charge on any atom is 0.310 e. The lowest BCUT2D eigenvalue weighted by Gasteiger charge is -2.13. The highest BCUT2D eigenvalue weighted by atomic mass is 16.5. The summed E-state index contributed by atoms with van der Waals surface area (Å²) in [5, 5.41) is 6.11. The summed E-state index contributed by atoms with van der Waals surface area (Å²) in [5.41, 5.74) is 0.879. The number of nitrogens with zero attached hydrogens (tertiary/aromatic N) is 2. The molecule has 0 aromatic carbocycles. The zero-order valence-electron chi connectivity index (χ0n) is 12.6. The van der Waals surface area contributed by atoms with E-state index in [4.69, 9.17) is 4.42 Å². The molecule has 0 aliphatic rings. The van der Waals surface area contributed by atoms with Crippen molar-refractivity contribution in [1.82, 2.24) is 15.6 Å². The summed E-state index contributed by atoms with van der Waals surface area (Å²) in [7, 11) is 3.03. The average molecular weight is 282 g/mol. The van der Waals surface area contributed by atoms with Crippen molar-refractivity contribution in [3.63, 3.8) is 0 Å². The summed E-state index contributed by atoms with van der Waals surface area (Å²) in [6, 6.07) is 0. The third kappa shape index (κ3) is 4.56. The first-order valence-electron chi connectivity index (χ1n) is 6.43. The minimum atomic E-state index is -0.257. The number of esters is 1. The van der Waals surface area contributed by atoms with E-state index in [-0.39, 0.29) is 11.9 Å². The monoisotopic (exact) mass is 282 g/mol. The molecule has 0 saturated carbocycles. The Labute approximate surface area is 118 Å². The van der Waals surface area contributed by atoms with Crippen molar-refractivity contribution in [2.45, 2.75) is 27.3 Å². The number of guanidine groups is 1. The van der Waals surface area contributed by atoms with E-state index in [2.05, 4.69) is 25.3 Å². The highest BCUT2D eigenvalue weighted by Gasteiger charge is 2.13. The van der Waals surface area contributed by atoms with Gasteiger partial charge in [0.1, 0.15) is 5.76 Å². The van der Waals surface area contributed by atoms with Gasteiger partial charge < -0.3 is 19.8 Å². The number of hydrogen-bond acceptors (Lipinski definition) is 5. The molecule has 1 atom stereocenters. The van der Waals surface area contributed by atoms with E-state index < -0.39 is 0 Å². The molecule has 1 aromatic heterocycles. The van der Waals surface area contributed by atoms with Crippen LogP contribution in [-0.2, 0) is 16.1 Å². The Kier molecular flexibility index (Phi) is 6.02. The van der Waals surface area contributed by atoms with Gasteiger partial charge in [0.2, 0.25) is 5.89 Å². The average Bonchev–Trinajstić information content (AvgIpc) is 2.76. The first kappa shape index (κ1) is 16.0. The van der Waals surface area contributed by atoms with Gasteiger partial charge in [0.25, 0.3) is 0 Å². The Morgan fingerprint density at radius 3 is 2.65 bits per heavy atom. The zero-order chi connectivity index (χ0) is 15.1. The number of oxazole rings is 1. The zero-order valence-corrected chi connectivity index (χ0v) is 12.6. The maximum atomic E-state index is 11.3. The van der Waals surface area contributed by atoms with Gasteiger partial charge in [-0.3, -0.25) is 9.79 Å². The molecule has 0 bridgehead atoms. The molecule has 0 amide bonds. The fraction of sp³-hybridized carbons (Fsp3) is 0.615. The van der Waals surface area contributed by atoms with Gasteiger partial charge in [-0.1, -0.05) is 6.92 Å². The topological polar surface area (TPSA) is 88.8 Å². The normalized spacial score (nSPS) is 12.9. The molecule has 2 N–H and O–H groups in total. The standard InChI is InChI=1S/C13H22N4O3/c1-8(12(18)19-5)6-15-13(14-4)16-7-11-17-9(2)10(3)20-11/h8H,6-7H2,1-5H3,(H2,14,15,16). The third-order valence-electron chi connectivity index (χ3n) is 2.88. The lowest BCUT2D eigenvalue weighted by Crippen LogP contribution is -2.40. The summed E-state index contributed by atoms with van der Waals surface area (Å²) in [6.45, 7) is 6.42. The number of aliphatic imine (C=N–C) groups is 1. The largest absolute Gasteiger partial charge is 0.469 e. The molecule has 1 aromatic rings. The van der Waals surface area contributed by atoms with Crippen LogP contribution in [0.4, 0.5) is 0 Å². The van der Waals surface area contributed by atoms with Crippen LogP contribution in [-0.4, -0.2) is 37.6 Å². The van der Waals surface area contributed by atoms with Gasteiger partial charge in [0, 0.05) is 13.6 Å². The Bertz CT molecular complexity index is 462. The van der Waals surface area contributed by atoms with E-state index in [1.54, 1.807) is 14.0 Å². The fourth-order valence-corrected chi connectivity index (χ4v) is 1.53. The van der Waals surface area contributed by atoms with Crippen LogP contribution in [0, 0.1) is 19.8 Å². The molecule has 7 nitrogen and oxygen atoms in total. The van der Waals surface area contributed by atoms with Crippen molar-refractivity contribution in [3.8, 4) is 0 Å². The van der Waals surface area contributed by atoms with E-state index in [1.165, 1.54) is 7.11 Å². The van der Waals surface area contributed by atoms with Crippen molar-refractivity contribution in [2.75, 3.05) is 20.7 Å². The summed E-state index contributed by atoms with van der Waals surface area (Å²) < 4.78 is 10.1. The molecule has 20 heavy (non-hydrogen) atoms. The number of hydrogen-bond donors (Lipinski definition) is 2. The molecule has 1 heterocycles. The highest BCUT2D eigenvalue weighted by Crippen LogP contribution is 2.07. The molecule has 0 aliphatic carbocycles. The number of methoxy groups -OCH3 is 1. The fourth-order valence-electron chi connectivity index (χ4n) is 1.53. The molecule has 0 fully saturated rings. The minimum absolute atomic E-state index is 0.246. The van der Waals surface area contributed by atoms with Crippen molar-refractivity contribution in [1.29, 1.82) is 0 Å². The number of aryl methyl sites for hydroxylation is 2. The van der Waals surface area contributed by atoms with Gasteiger partial charge >= 0.3 is 5.97 Å². The molecule has 1 unspecified atom stereocenters. The predicted molar refractivity (Wildman–Crippen MR) is 75.4 cm³/mol. The molecule has 0 aliphatic heterocycles. The van der Waals surface area contributed by atoms with Crippen LogP contribution in [0.3, 0.4) is 0 Å². The van der Waals surface area contributed by atoms with E-state index >= 15 is 0 Å². The van der Waals surface area contributed by atoms with Crippen molar-refractivity contribution in [2.24, 2.45) is 10.9 Å². The lowest BCUT2D eigenvalue weighted by atomic mass is 10.2. The number of nitrogens with one attached hydrogen (secondary N) is 2. The molecular formula is C13H22N4O3. The van der Waals surface area contributed by atoms with Crippen molar-refractivity contribution < 1.29 is 13.9 Å². The predicted octanol–water partition coefficient (Wildman–Crippen LogP) is 0.766. The van der Waals surface area contributed by atoms with E-state index in [0.29, 0.717) is 24.9 Å². The molecular weight excluding hydrogens is 260 g/mol. The van der Waals surface area contributed by atoms with Gasteiger partial charge in [-0.15, -0.1) is 0 Å². The number of ether oxygens (including phenoxy) is 1. The van der Waals surface area contributed by atoms with Gasteiger partial charge in [0.15, 0.2) is 5.96 Å². The van der Waals surface area contributed by atoms with E-state index in [9.17, 15) is 4.79 Å². The second-order valence-electron chi connectivity index (χ2n) is 4.48. The summed E-state index contributed by atoms with van der Waals surface area (Å²) in [4.78, 5) is 19.6. The van der Waals surface area contributed by atoms with Gasteiger partial charge in [-0.25, -0.2) is 4.98 Å². The third-order valence-corrected chi connectivity index (χ3v) is 2.88. The van der Waals surface area contributed by atoms with Crippen LogP contribution < -0.4 is 10.6 Å². The Morgan fingerprint density at radius 1 is 1.45 bits per heavy atom. The summed E-state index contributed by atoms with van der Waals surface area (Å²) in [6.07, 6.45) is 0. The van der Waals surface area contributed by atoms with Crippen molar-refractivity contribution in [3.05, 3.63) is 17.3 Å². The van der Waals surface area contributed by atoms with Gasteiger partial charge in [0.05, 0.1) is 25.3 Å². The molecule has 0 spiro atoms. The van der Waals surface area contributed by atoms with Crippen LogP contribution in [0.2, 0.25) is 0 Å². The van der Waals surface area contributed by atoms with E-state index in [0.717, 1.165) is 11.5 Å². The molecule has 112 valence electrons. The Hall–Kier alpha value is -2.05. The molecule has 7 heteroatoms. The smallest absolute Gasteiger partial charge is 0.310 e. The number of rotatable bonds is 5. The number of carbonyl (C=O) groups is 1. The van der Waals surface area contributed by atoms with E-state index in [1.807, 2.05) is 13.8 Å². The molecule has 1 rings (SSSR count). The van der Waals surface area contributed by atoms with Crippen LogP contribution in [0.15, 0.2) is 9.41 Å². The second kappa shape index (κ2) is 7.52. The van der Waals surface area contributed by atoms with Crippen LogP contribution in [0.1, 0.15) is 24.3 Å². The molecule has 0 saturated heterocycles. The minimum Gasteiger partial charge on any atom is -0.469 e. The summed E-state index contributed by atoms with van der Waals surface area (Å²) in [5.74, 6) is 1.49. The molecule has 0 radical (unpaired) electrons. The van der Waals surface area contributed by atoms with Gasteiger partial charge in [-0.2, -0.15) is 0 Å². The second-order valence-corrected chi connectivity index (χ2v) is 4.48. The maximum absolute atomic E-state index is 11.3. The Morgan fingerprint density at radius 2 is 2.15 bits per heavy atom. The quantitative estimate of drug-likeness (QED) is 0.471. The SMILES string of the molecule is CN=C(NCc1nc(C)c(C)o1)NCC(C)C(=O)OC. The highest BCUT2D eigenvalue weighted by molar-refractivity contribution is 5.80. The number of carbonyl (C=O) groups excluding carboxylic acids is 1. The first-order valence-corrected chi connectivity index (χ1v) is 6.43. The van der Waals surface area contributed by atoms with Crippen molar-refractivity contribution >= 4 is 11.9 Å². The van der Waals surface area contributed by atoms with Crippen LogP contribution >= 0.6 is 0 Å². The van der Waals surface area contributed by atoms with Gasteiger partial charge in [-0.05, 0) is 13.8 Å². The Balaban J connectivity index is 2.42. The van der Waals surface area contributed by atoms with Crippen LogP contribution in [0.5, 0.6) is 0 Å². The lowest BCUT2D eigenvalue weighted by molar-refractivity contribution is -0.144. The van der Waals surface area contributed by atoms with Crippen LogP contribution in [0.25, 0.3) is 0 Å². The number of aromatic nitrogens is 1. The first-order chi connectivity index (χ1) is 9.47.